The average molecular weight is 270 g/mol. The molecular formula is C13H23FN4O. The highest BCUT2D eigenvalue weighted by molar-refractivity contribution is 5.17. The molecule has 0 unspecified atom stereocenters. The van der Waals surface area contributed by atoms with Gasteiger partial charge in [0.15, 0.2) is 0 Å². The van der Waals surface area contributed by atoms with E-state index in [-0.39, 0.29) is 5.95 Å². The van der Waals surface area contributed by atoms with Gasteiger partial charge >= 0.3 is 0 Å². The van der Waals surface area contributed by atoms with Crippen LogP contribution in [-0.4, -0.2) is 54.1 Å². The van der Waals surface area contributed by atoms with Crippen molar-refractivity contribution in [2.45, 2.75) is 26.9 Å². The van der Waals surface area contributed by atoms with E-state index in [9.17, 15) is 4.39 Å². The van der Waals surface area contributed by atoms with Crippen molar-refractivity contribution >= 4 is 0 Å². The maximum absolute atomic E-state index is 13.9. The largest absolute Gasteiger partial charge is 0.379 e. The molecule has 0 spiro atoms. The fraction of sp³-hybridized carbons (Fsp3) is 0.769. The molecule has 1 aromatic rings. The van der Waals surface area contributed by atoms with Crippen LogP contribution < -0.4 is 5.32 Å². The number of hydrogen-bond donors (Lipinski definition) is 1. The lowest BCUT2D eigenvalue weighted by Gasteiger charge is -2.26. The molecule has 1 aliphatic rings. The molecule has 2 heterocycles. The number of aromatic nitrogens is 2. The predicted octanol–water partition coefficient (Wildman–Crippen LogP) is 0.772. The van der Waals surface area contributed by atoms with Gasteiger partial charge in [0.05, 0.1) is 18.9 Å². The van der Waals surface area contributed by atoms with Crippen LogP contribution in [0.4, 0.5) is 4.39 Å². The number of nitrogens with one attached hydrogen (secondary N) is 1. The maximum atomic E-state index is 13.9. The first-order valence-corrected chi connectivity index (χ1v) is 6.95. The van der Waals surface area contributed by atoms with E-state index in [0.717, 1.165) is 45.1 Å². The van der Waals surface area contributed by atoms with E-state index in [1.807, 2.05) is 13.8 Å². The number of aryl methyl sites for hydroxylation is 2. The monoisotopic (exact) mass is 270 g/mol. The minimum atomic E-state index is -0.209. The first kappa shape index (κ1) is 14.4. The molecule has 1 N–H and O–H groups in total. The second-order valence-corrected chi connectivity index (χ2v) is 4.80. The normalized spacial score (nSPS) is 17.0. The van der Waals surface area contributed by atoms with Gasteiger partial charge in [-0.15, -0.1) is 0 Å². The number of nitrogens with zero attached hydrogens (tertiary/aromatic N) is 3. The van der Waals surface area contributed by atoms with E-state index >= 15 is 0 Å². The van der Waals surface area contributed by atoms with Crippen molar-refractivity contribution in [3.8, 4) is 0 Å². The van der Waals surface area contributed by atoms with E-state index in [0.29, 0.717) is 18.7 Å². The molecule has 1 aromatic heterocycles. The van der Waals surface area contributed by atoms with Crippen molar-refractivity contribution in [2.24, 2.45) is 0 Å². The lowest BCUT2D eigenvalue weighted by Crippen LogP contribution is -2.40. The zero-order chi connectivity index (χ0) is 13.7. The third-order valence-electron chi connectivity index (χ3n) is 3.49. The maximum Gasteiger partial charge on any atom is 0.216 e. The van der Waals surface area contributed by atoms with E-state index in [1.165, 1.54) is 4.68 Å². The summed E-state index contributed by atoms with van der Waals surface area (Å²) in [6.07, 6.45) is 0. The Kier molecular flexibility index (Phi) is 5.30. The van der Waals surface area contributed by atoms with Gasteiger partial charge < -0.3 is 10.1 Å². The summed E-state index contributed by atoms with van der Waals surface area (Å²) in [4.78, 5) is 2.36. The van der Waals surface area contributed by atoms with Gasteiger partial charge in [0.1, 0.15) is 0 Å². The van der Waals surface area contributed by atoms with Crippen molar-refractivity contribution in [1.82, 2.24) is 20.0 Å². The zero-order valence-corrected chi connectivity index (χ0v) is 11.8. The summed E-state index contributed by atoms with van der Waals surface area (Å²) in [5, 5.41) is 7.46. The highest BCUT2D eigenvalue weighted by Crippen LogP contribution is 2.11. The van der Waals surface area contributed by atoms with Crippen LogP contribution in [-0.2, 0) is 17.8 Å². The van der Waals surface area contributed by atoms with E-state index in [2.05, 4.69) is 15.3 Å². The smallest absolute Gasteiger partial charge is 0.216 e. The lowest BCUT2D eigenvalue weighted by molar-refractivity contribution is 0.0384. The molecule has 0 amide bonds. The minimum Gasteiger partial charge on any atom is -0.379 e. The van der Waals surface area contributed by atoms with Gasteiger partial charge in [0, 0.05) is 44.8 Å². The van der Waals surface area contributed by atoms with E-state index < -0.39 is 0 Å². The Bertz CT molecular complexity index is 402. The van der Waals surface area contributed by atoms with Crippen LogP contribution in [0.15, 0.2) is 0 Å². The molecule has 6 heteroatoms. The third-order valence-corrected chi connectivity index (χ3v) is 3.49. The van der Waals surface area contributed by atoms with Crippen LogP contribution in [0, 0.1) is 12.9 Å². The second kappa shape index (κ2) is 6.98. The Morgan fingerprint density at radius 3 is 2.74 bits per heavy atom. The molecular weight excluding hydrogens is 247 g/mol. The van der Waals surface area contributed by atoms with Crippen LogP contribution in [0.3, 0.4) is 0 Å². The van der Waals surface area contributed by atoms with Gasteiger partial charge in [-0.05, 0) is 13.8 Å². The van der Waals surface area contributed by atoms with Crippen LogP contribution >= 0.6 is 0 Å². The van der Waals surface area contributed by atoms with Gasteiger partial charge in [0.2, 0.25) is 5.95 Å². The van der Waals surface area contributed by atoms with Crippen LogP contribution in [0.5, 0.6) is 0 Å². The number of halogens is 1. The molecule has 1 saturated heterocycles. The van der Waals surface area contributed by atoms with Gasteiger partial charge in [-0.2, -0.15) is 9.49 Å². The predicted molar refractivity (Wildman–Crippen MR) is 71.6 cm³/mol. The Labute approximate surface area is 113 Å². The first-order valence-electron chi connectivity index (χ1n) is 6.95. The molecule has 0 atom stereocenters. The SMILES string of the molecule is CCn1nc(C)c(CNCCN2CCOCC2)c1F. The summed E-state index contributed by atoms with van der Waals surface area (Å²) in [5.41, 5.74) is 1.46. The number of hydrogen-bond acceptors (Lipinski definition) is 4. The summed E-state index contributed by atoms with van der Waals surface area (Å²) in [5.74, 6) is -0.209. The fourth-order valence-corrected chi connectivity index (χ4v) is 2.28. The van der Waals surface area contributed by atoms with Crippen molar-refractivity contribution < 1.29 is 9.13 Å². The third kappa shape index (κ3) is 3.75. The molecule has 0 aliphatic carbocycles. The Balaban J connectivity index is 1.74. The lowest BCUT2D eigenvalue weighted by atomic mass is 10.2. The standard InChI is InChI=1S/C13H23FN4O/c1-3-18-13(14)12(11(2)16-18)10-15-4-5-17-6-8-19-9-7-17/h15H,3-10H2,1-2H3. The van der Waals surface area contributed by atoms with Crippen molar-refractivity contribution in [3.05, 3.63) is 17.2 Å². The summed E-state index contributed by atoms with van der Waals surface area (Å²) in [6, 6.07) is 0. The van der Waals surface area contributed by atoms with E-state index in [4.69, 9.17) is 4.74 Å². The first-order chi connectivity index (χ1) is 9.22. The Morgan fingerprint density at radius 2 is 2.11 bits per heavy atom. The number of ether oxygens (including phenoxy) is 1. The molecule has 0 aromatic carbocycles. The highest BCUT2D eigenvalue weighted by atomic mass is 19.1. The molecule has 1 fully saturated rings. The van der Waals surface area contributed by atoms with Gasteiger partial charge in [-0.1, -0.05) is 0 Å². The Hall–Kier alpha value is -0.980. The van der Waals surface area contributed by atoms with Crippen LogP contribution in [0.2, 0.25) is 0 Å². The molecule has 5 nitrogen and oxygen atoms in total. The van der Waals surface area contributed by atoms with Crippen LogP contribution in [0.1, 0.15) is 18.2 Å². The molecule has 0 bridgehead atoms. The molecule has 0 saturated carbocycles. The van der Waals surface area contributed by atoms with Gasteiger partial charge in [-0.3, -0.25) is 4.90 Å². The van der Waals surface area contributed by atoms with Crippen LogP contribution in [0.25, 0.3) is 0 Å². The molecule has 108 valence electrons. The summed E-state index contributed by atoms with van der Waals surface area (Å²) in [6.45, 7) is 10.3. The van der Waals surface area contributed by atoms with Crippen molar-refractivity contribution in [2.75, 3.05) is 39.4 Å². The number of rotatable bonds is 6. The highest BCUT2D eigenvalue weighted by Gasteiger charge is 2.14. The molecule has 2 rings (SSSR count). The quantitative estimate of drug-likeness (QED) is 0.776. The number of morpholine rings is 1. The zero-order valence-electron chi connectivity index (χ0n) is 11.8. The van der Waals surface area contributed by atoms with Gasteiger partial charge in [0.25, 0.3) is 0 Å². The fourth-order valence-electron chi connectivity index (χ4n) is 2.28. The minimum absolute atomic E-state index is 0.209. The van der Waals surface area contributed by atoms with E-state index in [1.54, 1.807) is 0 Å². The van der Waals surface area contributed by atoms with Gasteiger partial charge in [-0.25, -0.2) is 4.68 Å². The van der Waals surface area contributed by atoms with Crippen molar-refractivity contribution in [3.63, 3.8) is 0 Å². The summed E-state index contributed by atoms with van der Waals surface area (Å²) in [7, 11) is 0. The molecule has 19 heavy (non-hydrogen) atoms. The second-order valence-electron chi connectivity index (χ2n) is 4.80. The molecule has 0 radical (unpaired) electrons. The average Bonchev–Trinajstić information content (AvgIpc) is 2.71. The summed E-state index contributed by atoms with van der Waals surface area (Å²) < 4.78 is 20.6. The topological polar surface area (TPSA) is 42.3 Å². The van der Waals surface area contributed by atoms with Crippen molar-refractivity contribution in [1.29, 1.82) is 0 Å². The molecule has 1 aliphatic heterocycles. The summed E-state index contributed by atoms with van der Waals surface area (Å²) >= 11 is 0. The Morgan fingerprint density at radius 1 is 1.37 bits per heavy atom.